The van der Waals surface area contributed by atoms with Crippen molar-refractivity contribution in [3.05, 3.63) is 47.3 Å². The van der Waals surface area contributed by atoms with Gasteiger partial charge in [0.1, 0.15) is 23.7 Å². The molecule has 1 aromatic heterocycles. The number of aromatic nitrogens is 1. The van der Waals surface area contributed by atoms with Crippen LogP contribution < -0.4 is 10.1 Å². The summed E-state index contributed by atoms with van der Waals surface area (Å²) in [7, 11) is 0. The van der Waals surface area contributed by atoms with Crippen LogP contribution in [-0.2, 0) is 6.42 Å². The van der Waals surface area contributed by atoms with Gasteiger partial charge in [0.25, 0.3) is 0 Å². The van der Waals surface area contributed by atoms with E-state index in [-0.39, 0.29) is 29.6 Å². The van der Waals surface area contributed by atoms with Gasteiger partial charge in [0.05, 0.1) is 0 Å². The highest BCUT2D eigenvalue weighted by molar-refractivity contribution is 6.00. The second-order valence-corrected chi connectivity index (χ2v) is 7.68. The number of ether oxygens (including phenoxy) is 1. The first kappa shape index (κ1) is 18.1. The van der Waals surface area contributed by atoms with E-state index < -0.39 is 6.10 Å². The molecule has 0 bridgehead atoms. The van der Waals surface area contributed by atoms with Gasteiger partial charge >= 0.3 is 0 Å². The van der Waals surface area contributed by atoms with Crippen molar-refractivity contribution < 1.29 is 19.7 Å². The van der Waals surface area contributed by atoms with Crippen LogP contribution in [0.15, 0.2) is 30.3 Å². The van der Waals surface area contributed by atoms with Crippen LogP contribution in [0.1, 0.15) is 41.0 Å². The molecular formula is C21H26N2O4. The fourth-order valence-electron chi connectivity index (χ4n) is 4.22. The molecule has 2 aromatic rings. The molecule has 4 rings (SSSR count). The predicted molar refractivity (Wildman–Crippen MR) is 101 cm³/mol. The highest BCUT2D eigenvalue weighted by atomic mass is 16.5. The van der Waals surface area contributed by atoms with Crippen molar-refractivity contribution in [3.8, 4) is 11.5 Å². The van der Waals surface area contributed by atoms with Crippen molar-refractivity contribution in [2.24, 2.45) is 5.92 Å². The van der Waals surface area contributed by atoms with Crippen molar-refractivity contribution in [2.75, 3.05) is 6.54 Å². The standard InChI is InChI=1S/C21H26N2O4/c1-12-10-16-17(23-12)7-2-13(20(16)25)11-22-18-8-9-19(21(18)26)27-15-5-3-14(24)4-6-15/h3-6,10,13,18-19,21-24,26H,2,7-9,11H2,1H3. The molecule has 6 heteroatoms. The lowest BCUT2D eigenvalue weighted by atomic mass is 9.86. The molecule has 0 aliphatic heterocycles. The van der Waals surface area contributed by atoms with Crippen molar-refractivity contribution >= 4 is 5.78 Å². The lowest BCUT2D eigenvalue weighted by Crippen LogP contribution is -2.44. The number of carbonyl (C=O) groups is 1. The van der Waals surface area contributed by atoms with Gasteiger partial charge in [-0.05, 0) is 62.9 Å². The van der Waals surface area contributed by atoms with E-state index in [9.17, 15) is 15.0 Å². The number of carbonyl (C=O) groups excluding carboxylic acids is 1. The molecule has 0 amide bonds. The van der Waals surface area contributed by atoms with Gasteiger partial charge in [-0.3, -0.25) is 4.79 Å². The molecule has 4 atom stereocenters. The number of aliphatic hydroxyl groups excluding tert-OH is 1. The molecule has 1 aromatic carbocycles. The summed E-state index contributed by atoms with van der Waals surface area (Å²) in [5, 5.41) is 23.3. The van der Waals surface area contributed by atoms with E-state index in [1.54, 1.807) is 24.3 Å². The minimum Gasteiger partial charge on any atom is -0.508 e. The fourth-order valence-corrected chi connectivity index (χ4v) is 4.22. The van der Waals surface area contributed by atoms with E-state index in [0.29, 0.717) is 12.3 Å². The number of ketones is 1. The average molecular weight is 370 g/mol. The van der Waals surface area contributed by atoms with Crippen molar-refractivity contribution in [3.63, 3.8) is 0 Å². The molecule has 1 fully saturated rings. The molecule has 2 aliphatic carbocycles. The molecule has 0 spiro atoms. The first-order valence-corrected chi connectivity index (χ1v) is 9.61. The molecule has 4 unspecified atom stereocenters. The number of rotatable bonds is 5. The summed E-state index contributed by atoms with van der Waals surface area (Å²) in [6.45, 7) is 2.55. The highest BCUT2D eigenvalue weighted by Gasteiger charge is 2.37. The smallest absolute Gasteiger partial charge is 0.169 e. The molecular weight excluding hydrogens is 344 g/mol. The Morgan fingerprint density at radius 2 is 2.00 bits per heavy atom. The van der Waals surface area contributed by atoms with E-state index in [0.717, 1.165) is 42.6 Å². The molecule has 1 heterocycles. The SMILES string of the molecule is Cc1cc2c([nH]1)CCC(CNC1CCC(Oc3ccc(O)cc3)C1O)C2=O. The summed E-state index contributed by atoms with van der Waals surface area (Å²) in [5.74, 6) is 0.969. The average Bonchev–Trinajstić information content (AvgIpc) is 3.20. The molecule has 144 valence electrons. The van der Waals surface area contributed by atoms with Gasteiger partial charge in [0, 0.05) is 35.5 Å². The number of hydrogen-bond donors (Lipinski definition) is 4. The summed E-state index contributed by atoms with van der Waals surface area (Å²) in [6.07, 6.45) is 2.37. The zero-order valence-corrected chi connectivity index (χ0v) is 15.4. The van der Waals surface area contributed by atoms with Crippen molar-refractivity contribution in [1.29, 1.82) is 0 Å². The second-order valence-electron chi connectivity index (χ2n) is 7.68. The maximum atomic E-state index is 12.7. The Balaban J connectivity index is 1.31. The number of benzene rings is 1. The number of H-pyrrole nitrogens is 1. The third-order valence-electron chi connectivity index (χ3n) is 5.72. The van der Waals surface area contributed by atoms with E-state index in [1.807, 2.05) is 13.0 Å². The first-order valence-electron chi connectivity index (χ1n) is 9.61. The number of aryl methyl sites for hydroxylation is 2. The number of Topliss-reactive ketones (excluding diaryl/α,β-unsaturated/α-hetero) is 1. The number of nitrogens with one attached hydrogen (secondary N) is 2. The Bertz CT molecular complexity index is 814. The van der Waals surface area contributed by atoms with Crippen LogP contribution in [0.4, 0.5) is 0 Å². The van der Waals surface area contributed by atoms with Crippen LogP contribution in [0.3, 0.4) is 0 Å². The van der Waals surface area contributed by atoms with Gasteiger partial charge in [-0.25, -0.2) is 0 Å². The maximum Gasteiger partial charge on any atom is 0.169 e. The maximum absolute atomic E-state index is 12.7. The quantitative estimate of drug-likeness (QED) is 0.648. The van der Waals surface area contributed by atoms with Gasteiger partial charge in [-0.1, -0.05) is 0 Å². The Morgan fingerprint density at radius 3 is 2.78 bits per heavy atom. The lowest BCUT2D eigenvalue weighted by molar-refractivity contribution is 0.0441. The van der Waals surface area contributed by atoms with Gasteiger partial charge in [-0.15, -0.1) is 0 Å². The summed E-state index contributed by atoms with van der Waals surface area (Å²) in [5.41, 5.74) is 2.91. The summed E-state index contributed by atoms with van der Waals surface area (Å²) >= 11 is 0. The van der Waals surface area contributed by atoms with E-state index in [1.165, 1.54) is 0 Å². The molecule has 1 saturated carbocycles. The Kier molecular flexibility index (Phi) is 4.93. The van der Waals surface area contributed by atoms with Crippen LogP contribution in [0.5, 0.6) is 11.5 Å². The first-order chi connectivity index (χ1) is 13.0. The molecule has 0 radical (unpaired) electrons. The van der Waals surface area contributed by atoms with Gasteiger partial charge in [0.2, 0.25) is 0 Å². The number of fused-ring (bicyclic) bond motifs is 1. The molecule has 4 N–H and O–H groups in total. The number of aromatic amines is 1. The van der Waals surface area contributed by atoms with Crippen LogP contribution in [-0.4, -0.2) is 45.8 Å². The summed E-state index contributed by atoms with van der Waals surface area (Å²) in [4.78, 5) is 16.0. The minimum atomic E-state index is -0.623. The molecule has 0 saturated heterocycles. The largest absolute Gasteiger partial charge is 0.508 e. The number of phenols is 1. The predicted octanol–water partition coefficient (Wildman–Crippen LogP) is 2.33. The number of aliphatic hydroxyl groups is 1. The normalized spacial score (nSPS) is 27.6. The third kappa shape index (κ3) is 3.73. The van der Waals surface area contributed by atoms with E-state index in [2.05, 4.69) is 10.3 Å². The molecule has 2 aliphatic rings. The highest BCUT2D eigenvalue weighted by Crippen LogP contribution is 2.28. The molecule has 27 heavy (non-hydrogen) atoms. The van der Waals surface area contributed by atoms with E-state index in [4.69, 9.17) is 4.74 Å². The number of phenolic OH excluding ortho intramolecular Hbond substituents is 1. The molecule has 6 nitrogen and oxygen atoms in total. The van der Waals surface area contributed by atoms with Gasteiger partial charge < -0.3 is 25.3 Å². The van der Waals surface area contributed by atoms with Gasteiger partial charge in [-0.2, -0.15) is 0 Å². The summed E-state index contributed by atoms with van der Waals surface area (Å²) < 4.78 is 5.86. The summed E-state index contributed by atoms with van der Waals surface area (Å²) in [6, 6.07) is 8.39. The Labute approximate surface area is 158 Å². The van der Waals surface area contributed by atoms with Crippen LogP contribution >= 0.6 is 0 Å². The second kappa shape index (κ2) is 7.37. The van der Waals surface area contributed by atoms with E-state index >= 15 is 0 Å². The Hall–Kier alpha value is -2.31. The van der Waals surface area contributed by atoms with Gasteiger partial charge in [0.15, 0.2) is 5.78 Å². The lowest BCUT2D eigenvalue weighted by Gasteiger charge is -2.25. The minimum absolute atomic E-state index is 0.0445. The topological polar surface area (TPSA) is 94.6 Å². The zero-order valence-electron chi connectivity index (χ0n) is 15.4. The monoisotopic (exact) mass is 370 g/mol. The zero-order chi connectivity index (χ0) is 19.0. The van der Waals surface area contributed by atoms with Crippen molar-refractivity contribution in [1.82, 2.24) is 10.3 Å². The van der Waals surface area contributed by atoms with Crippen LogP contribution in [0.2, 0.25) is 0 Å². The number of hydrogen-bond acceptors (Lipinski definition) is 5. The third-order valence-corrected chi connectivity index (χ3v) is 5.72. The van der Waals surface area contributed by atoms with Crippen LogP contribution in [0.25, 0.3) is 0 Å². The fraction of sp³-hybridized carbons (Fsp3) is 0.476. The Morgan fingerprint density at radius 1 is 1.22 bits per heavy atom. The number of aromatic hydroxyl groups is 1. The van der Waals surface area contributed by atoms with Crippen molar-refractivity contribution in [2.45, 2.75) is 50.9 Å². The van der Waals surface area contributed by atoms with Crippen LogP contribution in [0, 0.1) is 12.8 Å².